The Kier molecular flexibility index (Phi) is 6.90. The van der Waals surface area contributed by atoms with Gasteiger partial charge < -0.3 is 15.0 Å². The summed E-state index contributed by atoms with van der Waals surface area (Å²) < 4.78 is 1.90. The third-order valence-electron chi connectivity index (χ3n) is 2.80. The number of rotatable bonds is 2. The van der Waals surface area contributed by atoms with Gasteiger partial charge in [0.2, 0.25) is 0 Å². The van der Waals surface area contributed by atoms with Crippen LogP contribution in [0.2, 0.25) is 0 Å². The third kappa shape index (κ3) is 3.07. The molecular weight excluding hydrogens is 251 g/mol. The van der Waals surface area contributed by atoms with Crippen molar-refractivity contribution in [2.45, 2.75) is 25.4 Å². The Morgan fingerprint density at radius 3 is 2.69 bits per heavy atom. The predicted molar refractivity (Wildman–Crippen MR) is 66.3 cm³/mol. The molecule has 1 fully saturated rings. The van der Waals surface area contributed by atoms with E-state index in [1.54, 1.807) is 0 Å². The van der Waals surface area contributed by atoms with Gasteiger partial charge >= 0.3 is 0 Å². The molecule has 94 valence electrons. The molecule has 0 spiro atoms. The second-order valence-electron chi connectivity index (χ2n) is 3.73. The predicted octanol–water partition coefficient (Wildman–Crippen LogP) is 0.618. The zero-order valence-electron chi connectivity index (χ0n) is 9.22. The molecule has 1 unspecified atom stereocenters. The molecule has 7 heteroatoms. The molecule has 0 aliphatic carbocycles. The van der Waals surface area contributed by atoms with Crippen molar-refractivity contribution < 1.29 is 5.11 Å². The van der Waals surface area contributed by atoms with Crippen LogP contribution in [-0.4, -0.2) is 33.0 Å². The monoisotopic (exact) mass is 268 g/mol. The van der Waals surface area contributed by atoms with Crippen molar-refractivity contribution in [2.24, 2.45) is 7.05 Å². The van der Waals surface area contributed by atoms with E-state index < -0.39 is 0 Å². The van der Waals surface area contributed by atoms with E-state index in [-0.39, 0.29) is 31.4 Å². The summed E-state index contributed by atoms with van der Waals surface area (Å²) in [5, 5.41) is 20.4. The van der Waals surface area contributed by atoms with E-state index in [1.807, 2.05) is 11.6 Å². The van der Waals surface area contributed by atoms with Crippen LogP contribution in [0.3, 0.4) is 0 Å². The summed E-state index contributed by atoms with van der Waals surface area (Å²) in [7, 11) is 1.91. The minimum atomic E-state index is -0.0380. The molecule has 2 N–H and O–H groups in total. The Balaban J connectivity index is 0.00000112. The molecule has 1 saturated heterocycles. The first-order chi connectivity index (χ1) is 6.83. The van der Waals surface area contributed by atoms with Crippen LogP contribution in [0.5, 0.6) is 0 Å². The smallest absolute Gasteiger partial charge is 0.158 e. The molecule has 0 aromatic carbocycles. The van der Waals surface area contributed by atoms with Gasteiger partial charge in [-0.15, -0.1) is 35.0 Å². The van der Waals surface area contributed by atoms with Gasteiger partial charge in [0.1, 0.15) is 12.4 Å². The topological polar surface area (TPSA) is 63.0 Å². The lowest BCUT2D eigenvalue weighted by atomic mass is 9.99. The average Bonchev–Trinajstić information content (AvgIpc) is 2.61. The van der Waals surface area contributed by atoms with Crippen LogP contribution in [0, 0.1) is 0 Å². The van der Waals surface area contributed by atoms with Crippen molar-refractivity contribution in [1.29, 1.82) is 0 Å². The molecule has 0 bridgehead atoms. The Morgan fingerprint density at radius 1 is 1.44 bits per heavy atom. The number of halogens is 2. The quantitative estimate of drug-likeness (QED) is 0.826. The molecule has 1 atom stereocenters. The van der Waals surface area contributed by atoms with Crippen molar-refractivity contribution in [3.05, 3.63) is 11.6 Å². The van der Waals surface area contributed by atoms with Crippen LogP contribution in [0.25, 0.3) is 0 Å². The van der Waals surface area contributed by atoms with Crippen molar-refractivity contribution in [1.82, 2.24) is 20.1 Å². The molecule has 5 nitrogen and oxygen atoms in total. The lowest BCUT2D eigenvalue weighted by Gasteiger charge is -2.21. The van der Waals surface area contributed by atoms with Crippen LogP contribution in [0.15, 0.2) is 0 Å². The molecule has 0 radical (unpaired) electrons. The highest BCUT2D eigenvalue weighted by atomic mass is 35.5. The fraction of sp³-hybridized carbons (Fsp3) is 0.778. The summed E-state index contributed by atoms with van der Waals surface area (Å²) in [5.74, 6) is 2.08. The molecular formula is C9H18Cl2N4O. The second-order valence-corrected chi connectivity index (χ2v) is 3.73. The van der Waals surface area contributed by atoms with Crippen LogP contribution in [-0.2, 0) is 13.7 Å². The number of hydrogen-bond donors (Lipinski definition) is 2. The fourth-order valence-electron chi connectivity index (χ4n) is 1.94. The standard InChI is InChI=1S/C9H16N4O.2ClH/c1-13-8(6-14)11-12-9(13)7-3-2-4-10-5-7;;/h7,10,14H,2-6H2,1H3;2*1H. The zero-order chi connectivity index (χ0) is 9.97. The summed E-state index contributed by atoms with van der Waals surface area (Å²) in [4.78, 5) is 0. The normalized spacial score (nSPS) is 19.8. The Morgan fingerprint density at radius 2 is 2.19 bits per heavy atom. The summed E-state index contributed by atoms with van der Waals surface area (Å²) in [5.41, 5.74) is 0. The average molecular weight is 269 g/mol. The number of aromatic nitrogens is 3. The first-order valence-corrected chi connectivity index (χ1v) is 5.02. The highest BCUT2D eigenvalue weighted by Gasteiger charge is 2.20. The Labute approximate surface area is 107 Å². The highest BCUT2D eigenvalue weighted by molar-refractivity contribution is 5.85. The van der Waals surface area contributed by atoms with Crippen molar-refractivity contribution in [2.75, 3.05) is 13.1 Å². The molecule has 16 heavy (non-hydrogen) atoms. The van der Waals surface area contributed by atoms with Gasteiger partial charge in [-0.3, -0.25) is 0 Å². The van der Waals surface area contributed by atoms with Crippen molar-refractivity contribution in [3.8, 4) is 0 Å². The highest BCUT2D eigenvalue weighted by Crippen LogP contribution is 2.21. The number of nitrogens with one attached hydrogen (secondary N) is 1. The van der Waals surface area contributed by atoms with Gasteiger partial charge in [-0.1, -0.05) is 0 Å². The van der Waals surface area contributed by atoms with E-state index in [4.69, 9.17) is 5.11 Å². The van der Waals surface area contributed by atoms with Crippen molar-refractivity contribution in [3.63, 3.8) is 0 Å². The van der Waals surface area contributed by atoms with Gasteiger partial charge in [0.25, 0.3) is 0 Å². The molecule has 0 amide bonds. The Hall–Kier alpha value is -0.360. The maximum absolute atomic E-state index is 8.99. The second kappa shape index (κ2) is 7.06. The largest absolute Gasteiger partial charge is 0.388 e. The van der Waals surface area contributed by atoms with E-state index >= 15 is 0 Å². The lowest BCUT2D eigenvalue weighted by molar-refractivity contribution is 0.266. The SMILES string of the molecule is Cl.Cl.Cn1c(CO)nnc1C1CCCNC1. The van der Waals surface area contributed by atoms with Crippen LogP contribution in [0.4, 0.5) is 0 Å². The lowest BCUT2D eigenvalue weighted by Crippen LogP contribution is -2.29. The maximum Gasteiger partial charge on any atom is 0.158 e. The molecule has 2 rings (SSSR count). The summed E-state index contributed by atoms with van der Waals surface area (Å²) >= 11 is 0. The van der Waals surface area contributed by atoms with E-state index in [0.29, 0.717) is 11.7 Å². The van der Waals surface area contributed by atoms with Gasteiger partial charge in [-0.2, -0.15) is 0 Å². The van der Waals surface area contributed by atoms with Gasteiger partial charge in [0.15, 0.2) is 5.82 Å². The third-order valence-corrected chi connectivity index (χ3v) is 2.80. The molecule has 2 heterocycles. The summed E-state index contributed by atoms with van der Waals surface area (Å²) in [6.45, 7) is 2.03. The van der Waals surface area contributed by atoms with Gasteiger partial charge in [-0.25, -0.2) is 0 Å². The van der Waals surface area contributed by atoms with Crippen LogP contribution >= 0.6 is 24.8 Å². The van der Waals surface area contributed by atoms with E-state index in [0.717, 1.165) is 25.3 Å². The maximum atomic E-state index is 8.99. The molecule has 1 aromatic rings. The minimum Gasteiger partial charge on any atom is -0.388 e. The number of hydrogen-bond acceptors (Lipinski definition) is 4. The van der Waals surface area contributed by atoms with E-state index in [1.165, 1.54) is 6.42 Å². The van der Waals surface area contributed by atoms with E-state index in [2.05, 4.69) is 15.5 Å². The number of piperidine rings is 1. The van der Waals surface area contributed by atoms with Crippen molar-refractivity contribution >= 4 is 24.8 Å². The summed E-state index contributed by atoms with van der Waals surface area (Å²) in [6.07, 6.45) is 2.34. The number of nitrogens with zero attached hydrogens (tertiary/aromatic N) is 3. The fourth-order valence-corrected chi connectivity index (χ4v) is 1.94. The first kappa shape index (κ1) is 15.6. The zero-order valence-corrected chi connectivity index (χ0v) is 10.9. The molecule has 1 aliphatic heterocycles. The molecule has 1 aliphatic rings. The molecule has 1 aromatic heterocycles. The number of aliphatic hydroxyl groups is 1. The minimum absolute atomic E-state index is 0. The van der Waals surface area contributed by atoms with Gasteiger partial charge in [0, 0.05) is 19.5 Å². The van der Waals surface area contributed by atoms with Crippen LogP contribution in [0.1, 0.15) is 30.4 Å². The summed E-state index contributed by atoms with van der Waals surface area (Å²) in [6, 6.07) is 0. The first-order valence-electron chi connectivity index (χ1n) is 5.02. The van der Waals surface area contributed by atoms with Crippen LogP contribution < -0.4 is 5.32 Å². The molecule has 0 saturated carbocycles. The van der Waals surface area contributed by atoms with Gasteiger partial charge in [0.05, 0.1) is 0 Å². The Bertz CT molecular complexity index is 312. The van der Waals surface area contributed by atoms with Gasteiger partial charge in [-0.05, 0) is 19.4 Å². The number of aliphatic hydroxyl groups excluding tert-OH is 1. The van der Waals surface area contributed by atoms with E-state index in [9.17, 15) is 0 Å².